The lowest BCUT2D eigenvalue weighted by atomic mass is 9.85. The number of para-hydroxylation sites is 1. The van der Waals surface area contributed by atoms with Gasteiger partial charge in [0.25, 0.3) is 5.91 Å². The highest BCUT2D eigenvalue weighted by Gasteiger charge is 2.34. The highest BCUT2D eigenvalue weighted by molar-refractivity contribution is 6.14. The zero-order valence-corrected chi connectivity index (χ0v) is 21.7. The third kappa shape index (κ3) is 4.04. The number of esters is 1. The maximum atomic E-state index is 14.3. The number of ether oxygens (including phenoxy) is 1. The first kappa shape index (κ1) is 24.0. The Balaban J connectivity index is 1.45. The van der Waals surface area contributed by atoms with Gasteiger partial charge >= 0.3 is 5.97 Å². The number of carbonyl (C=O) groups excluding carboxylic acids is 2. The predicted molar refractivity (Wildman–Crippen MR) is 152 cm³/mol. The van der Waals surface area contributed by atoms with Crippen LogP contribution in [0.1, 0.15) is 45.9 Å². The second kappa shape index (κ2) is 9.82. The molecular formula is C33H30N2O3. The third-order valence-electron chi connectivity index (χ3n) is 7.60. The molecule has 0 saturated carbocycles. The molecular weight excluding hydrogens is 472 g/mol. The van der Waals surface area contributed by atoms with E-state index in [9.17, 15) is 9.59 Å². The van der Waals surface area contributed by atoms with E-state index in [1.807, 2.05) is 104 Å². The molecule has 1 aliphatic carbocycles. The number of rotatable bonds is 5. The fourth-order valence-corrected chi connectivity index (χ4v) is 5.85. The summed E-state index contributed by atoms with van der Waals surface area (Å²) in [6.45, 7) is 0.243. The second-order valence-electron chi connectivity index (χ2n) is 10.1. The molecule has 0 saturated heterocycles. The SMILES string of the molecule is CN(C)c1ccc(C(=O)n2c3c(c4ccccc42)C(C(=O)OCc2ccccc2)CCC3)c2ccccc12. The summed E-state index contributed by atoms with van der Waals surface area (Å²) in [5, 5.41) is 2.91. The van der Waals surface area contributed by atoms with Gasteiger partial charge in [-0.1, -0.05) is 72.8 Å². The first-order chi connectivity index (χ1) is 18.5. The number of hydrogen-bond donors (Lipinski definition) is 0. The predicted octanol–water partition coefficient (Wildman–Crippen LogP) is 6.71. The molecule has 5 nitrogen and oxygen atoms in total. The molecule has 0 N–H and O–H groups in total. The second-order valence-corrected chi connectivity index (χ2v) is 10.1. The lowest BCUT2D eigenvalue weighted by Gasteiger charge is -2.23. The van der Waals surface area contributed by atoms with Crippen LogP contribution in [-0.2, 0) is 22.6 Å². The number of carbonyl (C=O) groups is 2. The smallest absolute Gasteiger partial charge is 0.313 e. The normalized spacial score (nSPS) is 14.8. The molecule has 1 aromatic heterocycles. The summed E-state index contributed by atoms with van der Waals surface area (Å²) in [5.41, 5.74) is 5.38. The highest BCUT2D eigenvalue weighted by Crippen LogP contribution is 2.41. The Bertz CT molecular complexity index is 1670. The minimum Gasteiger partial charge on any atom is -0.460 e. The van der Waals surface area contributed by atoms with Gasteiger partial charge in [0, 0.05) is 41.8 Å². The van der Waals surface area contributed by atoms with Gasteiger partial charge < -0.3 is 9.64 Å². The molecule has 5 aromatic rings. The van der Waals surface area contributed by atoms with Crippen LogP contribution in [0.4, 0.5) is 5.69 Å². The minimum absolute atomic E-state index is 0.0674. The average molecular weight is 503 g/mol. The third-order valence-corrected chi connectivity index (χ3v) is 7.60. The quantitative estimate of drug-likeness (QED) is 0.251. The standard InChI is InChI=1S/C33H30N2O3/c1-34(2)28-20-19-25(23-13-6-7-14-24(23)28)32(36)35-29-17-9-8-15-26(29)31-27(16-10-18-30(31)35)33(37)38-21-22-11-4-3-5-12-22/h3-9,11-15,17,19-20,27H,10,16,18,21H2,1-2H3. The van der Waals surface area contributed by atoms with Gasteiger partial charge in [0.1, 0.15) is 6.61 Å². The minimum atomic E-state index is -0.394. The molecule has 0 bridgehead atoms. The van der Waals surface area contributed by atoms with Crippen molar-refractivity contribution in [2.45, 2.75) is 31.8 Å². The molecule has 1 atom stereocenters. The van der Waals surface area contributed by atoms with Gasteiger partial charge in [-0.25, -0.2) is 0 Å². The molecule has 190 valence electrons. The van der Waals surface area contributed by atoms with Crippen molar-refractivity contribution in [2.24, 2.45) is 0 Å². The highest BCUT2D eigenvalue weighted by atomic mass is 16.5. The van der Waals surface area contributed by atoms with E-state index < -0.39 is 5.92 Å². The fraction of sp³-hybridized carbons (Fsp3) is 0.212. The average Bonchev–Trinajstić information content (AvgIpc) is 3.30. The Hall–Kier alpha value is -4.38. The Morgan fingerprint density at radius 2 is 1.53 bits per heavy atom. The van der Waals surface area contributed by atoms with Crippen molar-refractivity contribution in [3.8, 4) is 0 Å². The fourth-order valence-electron chi connectivity index (χ4n) is 5.85. The van der Waals surface area contributed by atoms with E-state index in [1.165, 1.54) is 0 Å². The van der Waals surface area contributed by atoms with E-state index in [0.29, 0.717) is 12.0 Å². The van der Waals surface area contributed by atoms with E-state index >= 15 is 0 Å². The van der Waals surface area contributed by atoms with Crippen LogP contribution in [0.3, 0.4) is 0 Å². The van der Waals surface area contributed by atoms with E-state index in [2.05, 4.69) is 11.0 Å². The van der Waals surface area contributed by atoms with Crippen LogP contribution >= 0.6 is 0 Å². The van der Waals surface area contributed by atoms with E-state index in [0.717, 1.165) is 57.0 Å². The van der Waals surface area contributed by atoms with Gasteiger partial charge in [-0.3, -0.25) is 14.2 Å². The van der Waals surface area contributed by atoms with Crippen molar-refractivity contribution >= 4 is 39.2 Å². The largest absolute Gasteiger partial charge is 0.460 e. The van der Waals surface area contributed by atoms with Crippen molar-refractivity contribution in [3.05, 3.63) is 113 Å². The van der Waals surface area contributed by atoms with Crippen molar-refractivity contribution in [1.82, 2.24) is 4.57 Å². The van der Waals surface area contributed by atoms with Crippen molar-refractivity contribution in [2.75, 3.05) is 19.0 Å². The van der Waals surface area contributed by atoms with Crippen LogP contribution < -0.4 is 4.90 Å². The topological polar surface area (TPSA) is 51.5 Å². The Morgan fingerprint density at radius 1 is 0.842 bits per heavy atom. The molecule has 4 aromatic carbocycles. The molecule has 0 aliphatic heterocycles. The monoisotopic (exact) mass is 502 g/mol. The molecule has 5 heteroatoms. The van der Waals surface area contributed by atoms with Crippen molar-refractivity contribution in [3.63, 3.8) is 0 Å². The number of anilines is 1. The summed E-state index contributed by atoms with van der Waals surface area (Å²) < 4.78 is 7.63. The molecule has 0 radical (unpaired) electrons. The van der Waals surface area contributed by atoms with Crippen LogP contribution in [-0.4, -0.2) is 30.5 Å². The molecule has 1 heterocycles. The van der Waals surface area contributed by atoms with E-state index in [1.54, 1.807) is 0 Å². The maximum Gasteiger partial charge on any atom is 0.313 e. The maximum absolute atomic E-state index is 14.3. The van der Waals surface area contributed by atoms with Gasteiger partial charge in [0.15, 0.2) is 0 Å². The van der Waals surface area contributed by atoms with E-state index in [-0.39, 0.29) is 18.5 Å². The molecule has 1 aliphatic rings. The Kier molecular flexibility index (Phi) is 6.20. The number of hydrogen-bond acceptors (Lipinski definition) is 4. The van der Waals surface area contributed by atoms with E-state index in [4.69, 9.17) is 4.74 Å². The molecule has 1 unspecified atom stereocenters. The van der Waals surface area contributed by atoms with Crippen LogP contribution in [0.15, 0.2) is 91.0 Å². The zero-order valence-electron chi connectivity index (χ0n) is 21.7. The van der Waals surface area contributed by atoms with Crippen LogP contribution in [0.2, 0.25) is 0 Å². The van der Waals surface area contributed by atoms with Gasteiger partial charge in [0.2, 0.25) is 0 Å². The molecule has 6 rings (SSSR count). The number of nitrogens with zero attached hydrogens (tertiary/aromatic N) is 2. The van der Waals surface area contributed by atoms with Gasteiger partial charge in [-0.05, 0) is 54.0 Å². The van der Waals surface area contributed by atoms with Crippen LogP contribution in [0, 0.1) is 0 Å². The first-order valence-electron chi connectivity index (χ1n) is 13.1. The van der Waals surface area contributed by atoms with Crippen LogP contribution in [0.5, 0.6) is 0 Å². The Labute approximate surface area is 222 Å². The molecule has 0 fully saturated rings. The number of aromatic nitrogens is 1. The number of benzene rings is 4. The molecule has 38 heavy (non-hydrogen) atoms. The molecule has 0 amide bonds. The number of fused-ring (bicyclic) bond motifs is 4. The summed E-state index contributed by atoms with van der Waals surface area (Å²) in [6.07, 6.45) is 2.28. The summed E-state index contributed by atoms with van der Waals surface area (Å²) in [4.78, 5) is 29.8. The van der Waals surface area contributed by atoms with Crippen LogP contribution in [0.25, 0.3) is 21.7 Å². The lowest BCUT2D eigenvalue weighted by molar-refractivity contribution is -0.147. The summed E-state index contributed by atoms with van der Waals surface area (Å²) in [7, 11) is 4.02. The lowest BCUT2D eigenvalue weighted by Crippen LogP contribution is -2.23. The zero-order chi connectivity index (χ0) is 26.2. The Morgan fingerprint density at radius 3 is 2.29 bits per heavy atom. The van der Waals surface area contributed by atoms with Gasteiger partial charge in [0.05, 0.1) is 11.4 Å². The summed E-state index contributed by atoms with van der Waals surface area (Å²) >= 11 is 0. The van der Waals surface area contributed by atoms with Gasteiger partial charge in [-0.15, -0.1) is 0 Å². The first-order valence-corrected chi connectivity index (χ1v) is 13.1. The molecule has 0 spiro atoms. The van der Waals surface area contributed by atoms with Gasteiger partial charge in [-0.2, -0.15) is 0 Å². The van der Waals surface area contributed by atoms with Crippen molar-refractivity contribution in [1.29, 1.82) is 0 Å². The van der Waals surface area contributed by atoms with Crippen molar-refractivity contribution < 1.29 is 14.3 Å². The summed E-state index contributed by atoms with van der Waals surface area (Å²) in [5.74, 6) is -0.692. The summed E-state index contributed by atoms with van der Waals surface area (Å²) in [6, 6.07) is 29.6.